The van der Waals surface area contributed by atoms with Crippen LogP contribution in [0.5, 0.6) is 0 Å². The molecule has 1 atom stereocenters. The van der Waals surface area contributed by atoms with Gasteiger partial charge in [-0.25, -0.2) is 0 Å². The Bertz CT molecular complexity index is 670. The van der Waals surface area contributed by atoms with E-state index in [1.54, 1.807) is 11.8 Å². The summed E-state index contributed by atoms with van der Waals surface area (Å²) in [5.74, 6) is 2.06. The quantitative estimate of drug-likeness (QED) is 0.812. The SMILES string of the molecule is CCN(CC)c1nc(N)cc(N2CCC3(CC2)CC(O)CN(C(C)=O)C3)n1. The van der Waals surface area contributed by atoms with Crippen LogP contribution in [-0.4, -0.2) is 71.3 Å². The molecule has 8 nitrogen and oxygen atoms in total. The Balaban J connectivity index is 1.73. The molecule has 0 aliphatic carbocycles. The molecular weight excluding hydrogens is 344 g/mol. The Morgan fingerprint density at radius 3 is 2.59 bits per heavy atom. The summed E-state index contributed by atoms with van der Waals surface area (Å²) in [5.41, 5.74) is 6.04. The third-order valence-corrected chi connectivity index (χ3v) is 5.99. The number of anilines is 3. The fourth-order valence-electron chi connectivity index (χ4n) is 4.41. The van der Waals surface area contributed by atoms with Crippen molar-refractivity contribution in [2.45, 2.75) is 46.1 Å². The molecule has 2 aliphatic heterocycles. The van der Waals surface area contributed by atoms with Crippen LogP contribution in [0.3, 0.4) is 0 Å². The highest BCUT2D eigenvalue weighted by atomic mass is 16.3. The van der Waals surface area contributed by atoms with Gasteiger partial charge in [0.25, 0.3) is 0 Å². The summed E-state index contributed by atoms with van der Waals surface area (Å²) >= 11 is 0. The average Bonchev–Trinajstić information content (AvgIpc) is 2.62. The molecule has 2 aliphatic rings. The summed E-state index contributed by atoms with van der Waals surface area (Å²) in [6.45, 7) is 10.3. The van der Waals surface area contributed by atoms with Crippen molar-refractivity contribution < 1.29 is 9.90 Å². The van der Waals surface area contributed by atoms with Crippen molar-refractivity contribution >= 4 is 23.5 Å². The first-order valence-corrected chi connectivity index (χ1v) is 9.94. The average molecular weight is 377 g/mol. The number of β-amino-alcohol motifs (C(OH)–C–C–N with tert-alkyl or cyclic N) is 1. The number of hydrogen-bond acceptors (Lipinski definition) is 7. The van der Waals surface area contributed by atoms with Crippen molar-refractivity contribution in [3.05, 3.63) is 6.07 Å². The second-order valence-electron chi connectivity index (χ2n) is 7.87. The highest BCUT2D eigenvalue weighted by molar-refractivity contribution is 5.73. The van der Waals surface area contributed by atoms with E-state index in [0.717, 1.165) is 57.8 Å². The number of nitrogens with two attached hydrogens (primary N) is 1. The molecule has 3 N–H and O–H groups in total. The lowest BCUT2D eigenvalue weighted by atomic mass is 9.71. The lowest BCUT2D eigenvalue weighted by Crippen LogP contribution is -2.55. The molecule has 1 unspecified atom stereocenters. The van der Waals surface area contributed by atoms with Crippen LogP contribution in [0.25, 0.3) is 0 Å². The van der Waals surface area contributed by atoms with Crippen LogP contribution in [0.4, 0.5) is 17.6 Å². The Morgan fingerprint density at radius 1 is 1.33 bits per heavy atom. The monoisotopic (exact) mass is 376 g/mol. The van der Waals surface area contributed by atoms with Gasteiger partial charge in [-0.2, -0.15) is 9.97 Å². The molecule has 1 aromatic rings. The number of rotatable bonds is 4. The number of aliphatic hydroxyl groups is 1. The van der Waals surface area contributed by atoms with Crippen molar-refractivity contribution in [2.24, 2.45) is 5.41 Å². The molecule has 8 heteroatoms. The van der Waals surface area contributed by atoms with E-state index in [-0.39, 0.29) is 11.3 Å². The van der Waals surface area contributed by atoms with E-state index in [1.807, 2.05) is 6.07 Å². The van der Waals surface area contributed by atoms with Gasteiger partial charge in [0.1, 0.15) is 11.6 Å². The van der Waals surface area contributed by atoms with Crippen molar-refractivity contribution in [1.29, 1.82) is 0 Å². The number of hydrogen-bond donors (Lipinski definition) is 2. The molecular formula is C19H32N6O2. The van der Waals surface area contributed by atoms with E-state index in [2.05, 4.69) is 28.6 Å². The lowest BCUT2D eigenvalue weighted by molar-refractivity contribution is -0.137. The van der Waals surface area contributed by atoms with Crippen LogP contribution in [0.15, 0.2) is 6.07 Å². The number of nitrogens with zero attached hydrogens (tertiary/aromatic N) is 5. The highest BCUT2D eigenvalue weighted by Gasteiger charge is 2.42. The summed E-state index contributed by atoms with van der Waals surface area (Å²) in [4.78, 5) is 27.1. The number of aliphatic hydroxyl groups excluding tert-OH is 1. The largest absolute Gasteiger partial charge is 0.391 e. The normalized spacial score (nSPS) is 22.1. The van der Waals surface area contributed by atoms with Gasteiger partial charge in [-0.1, -0.05) is 0 Å². The summed E-state index contributed by atoms with van der Waals surface area (Å²) in [5, 5.41) is 10.3. The minimum atomic E-state index is -0.432. The van der Waals surface area contributed by atoms with Crippen LogP contribution in [-0.2, 0) is 4.79 Å². The van der Waals surface area contributed by atoms with Gasteiger partial charge < -0.3 is 25.5 Å². The molecule has 0 bridgehead atoms. The molecule has 1 amide bonds. The van der Waals surface area contributed by atoms with Gasteiger partial charge in [-0.3, -0.25) is 4.79 Å². The summed E-state index contributed by atoms with van der Waals surface area (Å²) in [7, 11) is 0. The molecule has 0 saturated carbocycles. The standard InChI is InChI=1S/C19H32N6O2/c1-4-23(5-2)18-21-16(20)10-17(22-18)24-8-6-19(7-9-24)11-15(27)12-25(13-19)14(3)26/h10,15,27H,4-9,11-13H2,1-3H3,(H2,20,21,22). The van der Waals surface area contributed by atoms with Crippen LogP contribution in [0.1, 0.15) is 40.0 Å². The first-order valence-electron chi connectivity index (χ1n) is 9.94. The second kappa shape index (κ2) is 7.88. The number of likely N-dealkylation sites (tertiary alicyclic amines) is 1. The van der Waals surface area contributed by atoms with Gasteiger partial charge in [0.05, 0.1) is 6.10 Å². The molecule has 3 rings (SSSR count). The predicted molar refractivity (Wildman–Crippen MR) is 107 cm³/mol. The first-order chi connectivity index (χ1) is 12.9. The van der Waals surface area contributed by atoms with Gasteiger partial charge in [-0.15, -0.1) is 0 Å². The molecule has 0 radical (unpaired) electrons. The third-order valence-electron chi connectivity index (χ3n) is 5.99. The Hall–Kier alpha value is -2.09. The van der Waals surface area contributed by atoms with Crippen LogP contribution in [0, 0.1) is 5.41 Å². The molecule has 2 fully saturated rings. The number of piperidine rings is 2. The van der Waals surface area contributed by atoms with E-state index in [9.17, 15) is 9.90 Å². The maximum Gasteiger partial charge on any atom is 0.229 e. The van der Waals surface area contributed by atoms with E-state index in [1.165, 1.54) is 0 Å². The van der Waals surface area contributed by atoms with Gasteiger partial charge in [0, 0.05) is 52.3 Å². The Labute approximate surface area is 161 Å². The number of aromatic nitrogens is 2. The number of carbonyl (C=O) groups excluding carboxylic acids is 1. The van der Waals surface area contributed by atoms with E-state index in [4.69, 9.17) is 10.7 Å². The van der Waals surface area contributed by atoms with Gasteiger partial charge in [-0.05, 0) is 38.5 Å². The molecule has 0 aromatic carbocycles. The molecule has 27 heavy (non-hydrogen) atoms. The number of nitrogen functional groups attached to an aromatic ring is 1. The summed E-state index contributed by atoms with van der Waals surface area (Å²) in [6.07, 6.45) is 2.19. The topological polar surface area (TPSA) is 98.8 Å². The first kappa shape index (κ1) is 19.7. The van der Waals surface area contributed by atoms with Gasteiger partial charge in [0.2, 0.25) is 11.9 Å². The maximum absolute atomic E-state index is 11.8. The molecule has 1 aromatic heterocycles. The van der Waals surface area contributed by atoms with E-state index >= 15 is 0 Å². The fraction of sp³-hybridized carbons (Fsp3) is 0.737. The zero-order valence-corrected chi connectivity index (χ0v) is 16.7. The van der Waals surface area contributed by atoms with Crippen LogP contribution < -0.4 is 15.5 Å². The second-order valence-corrected chi connectivity index (χ2v) is 7.87. The van der Waals surface area contributed by atoms with E-state index < -0.39 is 6.10 Å². The van der Waals surface area contributed by atoms with E-state index in [0.29, 0.717) is 18.3 Å². The number of amides is 1. The third kappa shape index (κ3) is 4.26. The van der Waals surface area contributed by atoms with Gasteiger partial charge in [0.15, 0.2) is 0 Å². The van der Waals surface area contributed by atoms with Crippen LogP contribution in [0.2, 0.25) is 0 Å². The summed E-state index contributed by atoms with van der Waals surface area (Å²) in [6, 6.07) is 1.84. The van der Waals surface area contributed by atoms with Crippen molar-refractivity contribution in [1.82, 2.24) is 14.9 Å². The minimum Gasteiger partial charge on any atom is -0.391 e. The highest BCUT2D eigenvalue weighted by Crippen LogP contribution is 2.41. The molecule has 2 saturated heterocycles. The van der Waals surface area contributed by atoms with Crippen molar-refractivity contribution in [2.75, 3.05) is 54.8 Å². The Morgan fingerprint density at radius 2 is 2.00 bits per heavy atom. The number of carbonyl (C=O) groups is 1. The molecule has 1 spiro atoms. The zero-order valence-electron chi connectivity index (χ0n) is 16.7. The fourth-order valence-corrected chi connectivity index (χ4v) is 4.41. The van der Waals surface area contributed by atoms with Crippen molar-refractivity contribution in [3.63, 3.8) is 0 Å². The smallest absolute Gasteiger partial charge is 0.229 e. The molecule has 3 heterocycles. The molecule has 150 valence electrons. The lowest BCUT2D eigenvalue weighted by Gasteiger charge is -2.49. The van der Waals surface area contributed by atoms with Gasteiger partial charge >= 0.3 is 0 Å². The predicted octanol–water partition coefficient (Wildman–Crippen LogP) is 1.10. The van der Waals surface area contributed by atoms with Crippen LogP contribution >= 0.6 is 0 Å². The van der Waals surface area contributed by atoms with Crippen molar-refractivity contribution in [3.8, 4) is 0 Å². The zero-order chi connectivity index (χ0) is 19.6. The minimum absolute atomic E-state index is 0.000113. The summed E-state index contributed by atoms with van der Waals surface area (Å²) < 4.78 is 0. The Kier molecular flexibility index (Phi) is 5.74. The maximum atomic E-state index is 11.8.